The second-order valence-corrected chi connectivity index (χ2v) is 13.1. The number of nitrogens with zero attached hydrogens (tertiary/aromatic N) is 4. The van der Waals surface area contributed by atoms with Crippen LogP contribution < -0.4 is 0 Å². The molecule has 0 aliphatic heterocycles. The fourth-order valence-electron chi connectivity index (χ4n) is 7.41. The van der Waals surface area contributed by atoms with Crippen molar-refractivity contribution in [2.75, 3.05) is 0 Å². The summed E-state index contributed by atoms with van der Waals surface area (Å²) in [6, 6.07) is 51.1. The lowest BCUT2D eigenvalue weighted by atomic mass is 9.80. The smallest absolute Gasteiger partial charge is 0.164 e. The van der Waals surface area contributed by atoms with Gasteiger partial charge in [0.25, 0.3) is 0 Å². The van der Waals surface area contributed by atoms with E-state index in [0.717, 1.165) is 33.4 Å². The highest BCUT2D eigenvalue weighted by Gasteiger charge is 2.38. The number of benzene rings is 6. The minimum atomic E-state index is -0.126. The molecular weight excluding hydrogens is 597 g/mol. The van der Waals surface area contributed by atoms with Crippen molar-refractivity contribution in [1.29, 1.82) is 0 Å². The molecule has 0 saturated carbocycles. The fourth-order valence-corrected chi connectivity index (χ4v) is 7.41. The fraction of sp³-hybridized carbons (Fsp3) is 0.0667. The summed E-state index contributed by atoms with van der Waals surface area (Å²) in [6.07, 6.45) is 3.66. The number of rotatable bonds is 5. The van der Waals surface area contributed by atoms with E-state index < -0.39 is 0 Å². The highest BCUT2D eigenvalue weighted by atomic mass is 15.0. The van der Waals surface area contributed by atoms with Gasteiger partial charge in [0, 0.05) is 34.5 Å². The molecule has 6 aromatic carbocycles. The minimum absolute atomic E-state index is 0.126. The number of fused-ring (bicyclic) bond motifs is 5. The Morgan fingerprint density at radius 1 is 0.449 bits per heavy atom. The van der Waals surface area contributed by atoms with E-state index in [9.17, 15) is 0 Å². The van der Waals surface area contributed by atoms with Crippen molar-refractivity contribution in [3.05, 3.63) is 169 Å². The van der Waals surface area contributed by atoms with E-state index in [1.54, 1.807) is 6.20 Å². The van der Waals surface area contributed by atoms with Gasteiger partial charge in [0.2, 0.25) is 0 Å². The van der Waals surface area contributed by atoms with Crippen LogP contribution in [0.3, 0.4) is 0 Å². The lowest BCUT2D eigenvalue weighted by Crippen LogP contribution is -2.15. The normalized spacial score (nSPS) is 12.9. The molecule has 0 atom stereocenters. The molecular formula is C45H32N4. The van der Waals surface area contributed by atoms with E-state index in [-0.39, 0.29) is 5.41 Å². The van der Waals surface area contributed by atoms with Crippen LogP contribution >= 0.6 is 0 Å². The SMILES string of the molecule is CC1(C)c2cccc(-c3cccc(-c4nc(-c5ccccc5)nc(-c5ccc(-c6cccnc6)cc5)n4)c3)c2-c2ccc3ccccc3c21. The van der Waals surface area contributed by atoms with Gasteiger partial charge >= 0.3 is 0 Å². The molecule has 0 N–H and O–H groups in total. The van der Waals surface area contributed by atoms with Gasteiger partial charge < -0.3 is 0 Å². The van der Waals surface area contributed by atoms with Crippen LogP contribution in [0.25, 0.3) is 78.3 Å². The molecule has 0 spiro atoms. The first-order valence-electron chi connectivity index (χ1n) is 16.6. The molecule has 2 heterocycles. The van der Waals surface area contributed by atoms with Crippen LogP contribution in [0.15, 0.2) is 158 Å². The summed E-state index contributed by atoms with van der Waals surface area (Å²) in [6.45, 7) is 4.70. The summed E-state index contributed by atoms with van der Waals surface area (Å²) in [4.78, 5) is 19.3. The molecule has 1 aliphatic carbocycles. The molecule has 4 heteroatoms. The molecule has 0 bridgehead atoms. The molecule has 9 rings (SSSR count). The maximum Gasteiger partial charge on any atom is 0.164 e. The van der Waals surface area contributed by atoms with Gasteiger partial charge in [0.1, 0.15) is 0 Å². The first-order chi connectivity index (χ1) is 24.0. The third kappa shape index (κ3) is 4.92. The molecule has 8 aromatic rings. The summed E-state index contributed by atoms with van der Waals surface area (Å²) in [7, 11) is 0. The van der Waals surface area contributed by atoms with Crippen LogP contribution in [-0.4, -0.2) is 19.9 Å². The van der Waals surface area contributed by atoms with Crippen molar-refractivity contribution < 1.29 is 0 Å². The van der Waals surface area contributed by atoms with Gasteiger partial charge in [-0.25, -0.2) is 15.0 Å². The third-order valence-corrected chi connectivity index (χ3v) is 9.80. The van der Waals surface area contributed by atoms with Gasteiger partial charge in [-0.15, -0.1) is 0 Å². The monoisotopic (exact) mass is 628 g/mol. The van der Waals surface area contributed by atoms with E-state index in [0.29, 0.717) is 17.5 Å². The Hall–Kier alpha value is -6.26. The van der Waals surface area contributed by atoms with Crippen molar-refractivity contribution in [2.45, 2.75) is 19.3 Å². The number of hydrogen-bond donors (Lipinski definition) is 0. The van der Waals surface area contributed by atoms with E-state index in [1.165, 1.54) is 38.6 Å². The molecule has 0 unspecified atom stereocenters. The second kappa shape index (κ2) is 11.5. The largest absolute Gasteiger partial charge is 0.264 e. The zero-order chi connectivity index (χ0) is 33.0. The predicted molar refractivity (Wildman–Crippen MR) is 200 cm³/mol. The van der Waals surface area contributed by atoms with Crippen LogP contribution in [0.4, 0.5) is 0 Å². The van der Waals surface area contributed by atoms with E-state index in [1.807, 2.05) is 42.6 Å². The Morgan fingerprint density at radius 3 is 1.86 bits per heavy atom. The van der Waals surface area contributed by atoms with Crippen molar-refractivity contribution in [2.24, 2.45) is 0 Å². The Labute approximate surface area is 285 Å². The average Bonchev–Trinajstić information content (AvgIpc) is 3.42. The lowest BCUT2D eigenvalue weighted by molar-refractivity contribution is 0.666. The van der Waals surface area contributed by atoms with Gasteiger partial charge in [-0.05, 0) is 67.4 Å². The first-order valence-corrected chi connectivity index (χ1v) is 16.6. The van der Waals surface area contributed by atoms with Crippen molar-refractivity contribution in [3.8, 4) is 67.5 Å². The molecule has 232 valence electrons. The van der Waals surface area contributed by atoms with Crippen LogP contribution in [-0.2, 0) is 5.41 Å². The number of aromatic nitrogens is 4. The summed E-state index contributed by atoms with van der Waals surface area (Å²) in [5.74, 6) is 1.92. The molecule has 0 saturated heterocycles. The Balaban J connectivity index is 1.18. The molecule has 1 aliphatic rings. The van der Waals surface area contributed by atoms with Crippen LogP contribution in [0, 0.1) is 0 Å². The third-order valence-electron chi connectivity index (χ3n) is 9.80. The molecule has 0 amide bonds. The highest BCUT2D eigenvalue weighted by molar-refractivity contribution is 6.01. The summed E-state index contributed by atoms with van der Waals surface area (Å²) in [5, 5.41) is 2.60. The van der Waals surface area contributed by atoms with Crippen molar-refractivity contribution in [3.63, 3.8) is 0 Å². The van der Waals surface area contributed by atoms with Crippen molar-refractivity contribution in [1.82, 2.24) is 19.9 Å². The summed E-state index contributed by atoms with van der Waals surface area (Å²) < 4.78 is 0. The Morgan fingerprint density at radius 2 is 1.08 bits per heavy atom. The number of hydrogen-bond acceptors (Lipinski definition) is 4. The minimum Gasteiger partial charge on any atom is -0.264 e. The first kappa shape index (κ1) is 28.9. The average molecular weight is 629 g/mol. The van der Waals surface area contributed by atoms with E-state index in [4.69, 9.17) is 15.0 Å². The lowest BCUT2D eigenvalue weighted by Gasteiger charge is -2.23. The van der Waals surface area contributed by atoms with Crippen LogP contribution in [0.1, 0.15) is 25.0 Å². The predicted octanol–water partition coefficient (Wildman–Crippen LogP) is 11.1. The van der Waals surface area contributed by atoms with E-state index >= 15 is 0 Å². The molecule has 2 aromatic heterocycles. The Bertz CT molecular complexity index is 2500. The van der Waals surface area contributed by atoms with Gasteiger partial charge in [0.05, 0.1) is 0 Å². The topological polar surface area (TPSA) is 51.6 Å². The van der Waals surface area contributed by atoms with Crippen LogP contribution in [0.5, 0.6) is 0 Å². The van der Waals surface area contributed by atoms with Gasteiger partial charge in [-0.3, -0.25) is 4.98 Å². The standard InChI is InChI=1S/C45H32N4/c1-45(2)39-19-9-18-36(40(39)38-25-24-30-11-6-7-17-37(30)41(38)45)33-14-8-15-34(27-33)44-48-42(31-12-4-3-5-13-31)47-43(49-44)32-22-20-29(21-23-32)35-16-10-26-46-28-35/h3-28H,1-2H3. The summed E-state index contributed by atoms with van der Waals surface area (Å²) >= 11 is 0. The molecule has 0 fully saturated rings. The second-order valence-electron chi connectivity index (χ2n) is 13.1. The number of pyridine rings is 1. The maximum atomic E-state index is 5.07. The molecule has 4 nitrogen and oxygen atoms in total. The van der Waals surface area contributed by atoms with Gasteiger partial charge in [-0.2, -0.15) is 0 Å². The zero-order valence-electron chi connectivity index (χ0n) is 27.3. The maximum absolute atomic E-state index is 5.07. The molecule has 0 radical (unpaired) electrons. The zero-order valence-corrected chi connectivity index (χ0v) is 27.3. The highest BCUT2D eigenvalue weighted by Crippen LogP contribution is 2.54. The quantitative estimate of drug-likeness (QED) is 0.190. The van der Waals surface area contributed by atoms with Crippen molar-refractivity contribution >= 4 is 10.8 Å². The summed E-state index contributed by atoms with van der Waals surface area (Å²) in [5.41, 5.74) is 12.6. The van der Waals surface area contributed by atoms with Crippen LogP contribution in [0.2, 0.25) is 0 Å². The van der Waals surface area contributed by atoms with Gasteiger partial charge in [-0.1, -0.05) is 147 Å². The van der Waals surface area contributed by atoms with E-state index in [2.05, 4.69) is 128 Å². The molecule has 49 heavy (non-hydrogen) atoms. The Kier molecular flexibility index (Phi) is 6.77. The van der Waals surface area contributed by atoms with Gasteiger partial charge in [0.15, 0.2) is 17.5 Å².